The quantitative estimate of drug-likeness (QED) is 0.0686. The average molecular weight is 880 g/mol. The van der Waals surface area contributed by atoms with Crippen LogP contribution in [0.5, 0.6) is 34.5 Å². The highest BCUT2D eigenvalue weighted by Gasteiger charge is 2.11. The Morgan fingerprint density at radius 3 is 0.698 bits per heavy atom. The van der Waals surface area contributed by atoms with E-state index in [2.05, 4.69) is 35.5 Å². The molecule has 0 unspecified atom stereocenters. The van der Waals surface area contributed by atoms with E-state index in [1.807, 2.05) is 72.8 Å². The number of ether oxygens (including phenoxy) is 9. The Morgan fingerprint density at radius 1 is 0.317 bits per heavy atom. The molecule has 0 atom stereocenters. The first kappa shape index (κ1) is 51.9. The molecule has 0 amide bonds. The van der Waals surface area contributed by atoms with Crippen molar-refractivity contribution >= 4 is 0 Å². The standard InChI is InChI=1S/3C17H27NO3/c3*1-2-3-12-20-16-5-7-17(8-6-16)21-13-4-9-18-10-14-19-15-11-18/h3*5-8H,2-4,9-15H2,1H3. The highest BCUT2D eigenvalue weighted by molar-refractivity contribution is 5.32. The molecule has 12 heteroatoms. The maximum atomic E-state index is 5.76. The third-order valence-electron chi connectivity index (χ3n) is 10.7. The number of hydrogen-bond donors (Lipinski definition) is 0. The Bertz CT molecular complexity index is 1300. The SMILES string of the molecule is CCCCOc1ccc(OCCCN2CCOCC2)cc1.CCCCOc1ccc(OCCCN2CCOCC2)cc1.CCCCOc1ccc(OCCCN2CCOCC2)cc1. The molecule has 3 aliphatic heterocycles. The topological polar surface area (TPSA) is 92.8 Å². The molecule has 0 aromatic heterocycles. The minimum Gasteiger partial charge on any atom is -0.494 e. The van der Waals surface area contributed by atoms with Crippen LogP contribution in [0.15, 0.2) is 72.8 Å². The molecule has 3 saturated heterocycles. The van der Waals surface area contributed by atoms with E-state index in [0.717, 1.165) is 230 Å². The van der Waals surface area contributed by atoms with Crippen LogP contribution in [0.1, 0.15) is 78.6 Å². The molecule has 0 aliphatic carbocycles. The van der Waals surface area contributed by atoms with Crippen LogP contribution in [-0.4, -0.2) is 153 Å². The lowest BCUT2D eigenvalue weighted by atomic mass is 10.3. The van der Waals surface area contributed by atoms with Crippen LogP contribution in [-0.2, 0) is 14.2 Å². The number of hydrogen-bond acceptors (Lipinski definition) is 12. The summed E-state index contributed by atoms with van der Waals surface area (Å²) in [6.07, 6.45) is 9.91. The monoisotopic (exact) mass is 880 g/mol. The van der Waals surface area contributed by atoms with E-state index in [-0.39, 0.29) is 0 Å². The fraction of sp³-hybridized carbons (Fsp3) is 0.647. The van der Waals surface area contributed by atoms with Crippen molar-refractivity contribution < 1.29 is 42.6 Å². The average Bonchev–Trinajstić information content (AvgIpc) is 3.34. The van der Waals surface area contributed by atoms with Gasteiger partial charge in [0.1, 0.15) is 34.5 Å². The zero-order chi connectivity index (χ0) is 44.3. The van der Waals surface area contributed by atoms with E-state index in [1.54, 1.807) is 0 Å². The predicted molar refractivity (Wildman–Crippen MR) is 253 cm³/mol. The molecule has 0 bridgehead atoms. The second-order valence-electron chi connectivity index (χ2n) is 16.0. The number of unbranched alkanes of at least 4 members (excludes halogenated alkanes) is 3. The van der Waals surface area contributed by atoms with E-state index >= 15 is 0 Å². The highest BCUT2D eigenvalue weighted by Crippen LogP contribution is 2.20. The van der Waals surface area contributed by atoms with Crippen molar-refractivity contribution in [1.29, 1.82) is 0 Å². The minimum absolute atomic E-state index is 0.757. The fourth-order valence-electron chi connectivity index (χ4n) is 6.81. The Morgan fingerprint density at radius 2 is 0.508 bits per heavy atom. The molecular formula is C51H81N3O9. The van der Waals surface area contributed by atoms with E-state index < -0.39 is 0 Å². The summed E-state index contributed by atoms with van der Waals surface area (Å²) >= 11 is 0. The van der Waals surface area contributed by atoms with E-state index in [9.17, 15) is 0 Å². The largest absolute Gasteiger partial charge is 0.494 e. The van der Waals surface area contributed by atoms with Gasteiger partial charge < -0.3 is 42.6 Å². The number of rotatable bonds is 27. The van der Waals surface area contributed by atoms with E-state index in [1.165, 1.54) is 0 Å². The van der Waals surface area contributed by atoms with Crippen LogP contribution < -0.4 is 28.4 Å². The number of benzene rings is 3. The summed E-state index contributed by atoms with van der Waals surface area (Å²) in [5.41, 5.74) is 0. The molecule has 3 heterocycles. The molecule has 3 aliphatic rings. The van der Waals surface area contributed by atoms with Crippen molar-refractivity contribution in [3.8, 4) is 34.5 Å². The maximum Gasteiger partial charge on any atom is 0.119 e. The summed E-state index contributed by atoms with van der Waals surface area (Å²) in [5, 5.41) is 0. The normalized spacial score (nSPS) is 15.9. The van der Waals surface area contributed by atoms with E-state index in [4.69, 9.17) is 42.6 Å². The summed E-state index contributed by atoms with van der Waals surface area (Å²) in [7, 11) is 0. The molecule has 6 rings (SSSR count). The molecular weight excluding hydrogens is 799 g/mol. The summed E-state index contributed by atoms with van der Waals surface area (Å²) in [6.45, 7) is 25.8. The highest BCUT2D eigenvalue weighted by atomic mass is 16.5. The van der Waals surface area contributed by atoms with Crippen molar-refractivity contribution in [3.05, 3.63) is 72.8 Å². The van der Waals surface area contributed by atoms with Gasteiger partial charge in [0.2, 0.25) is 0 Å². The third kappa shape index (κ3) is 24.8. The van der Waals surface area contributed by atoms with Gasteiger partial charge in [-0.2, -0.15) is 0 Å². The zero-order valence-electron chi connectivity index (χ0n) is 39.2. The van der Waals surface area contributed by atoms with Gasteiger partial charge in [-0.05, 0) is 111 Å². The van der Waals surface area contributed by atoms with Gasteiger partial charge in [-0.15, -0.1) is 0 Å². The smallest absolute Gasteiger partial charge is 0.119 e. The van der Waals surface area contributed by atoms with Crippen LogP contribution in [0.25, 0.3) is 0 Å². The molecule has 12 nitrogen and oxygen atoms in total. The summed E-state index contributed by atoms with van der Waals surface area (Å²) in [4.78, 5) is 7.28. The zero-order valence-corrected chi connectivity index (χ0v) is 39.2. The summed E-state index contributed by atoms with van der Waals surface area (Å²) in [5.74, 6) is 5.51. The molecule has 0 N–H and O–H groups in total. The van der Waals surface area contributed by atoms with Gasteiger partial charge in [0.05, 0.1) is 79.3 Å². The van der Waals surface area contributed by atoms with Gasteiger partial charge >= 0.3 is 0 Å². The second kappa shape index (κ2) is 34.6. The Hall–Kier alpha value is -3.78. The van der Waals surface area contributed by atoms with Crippen LogP contribution in [0.4, 0.5) is 0 Å². The molecule has 0 spiro atoms. The van der Waals surface area contributed by atoms with Gasteiger partial charge in [0.25, 0.3) is 0 Å². The van der Waals surface area contributed by atoms with Crippen LogP contribution in [0.3, 0.4) is 0 Å². The lowest BCUT2D eigenvalue weighted by molar-refractivity contribution is 0.0357. The first-order valence-electron chi connectivity index (χ1n) is 24.1. The van der Waals surface area contributed by atoms with Crippen molar-refractivity contribution in [1.82, 2.24) is 14.7 Å². The second-order valence-corrected chi connectivity index (χ2v) is 16.0. The Kier molecular flexibility index (Phi) is 28.5. The summed E-state index contributed by atoms with van der Waals surface area (Å²) in [6, 6.07) is 23.8. The number of morpholine rings is 3. The fourth-order valence-corrected chi connectivity index (χ4v) is 6.81. The molecule has 3 aromatic rings. The van der Waals surface area contributed by atoms with Gasteiger partial charge in [0, 0.05) is 58.9 Å². The third-order valence-corrected chi connectivity index (χ3v) is 10.7. The Balaban J connectivity index is 0.000000207. The lowest BCUT2D eigenvalue weighted by Gasteiger charge is -2.26. The minimum atomic E-state index is 0.757. The van der Waals surface area contributed by atoms with Crippen molar-refractivity contribution in [2.75, 3.05) is 138 Å². The molecule has 0 radical (unpaired) electrons. The first-order chi connectivity index (χ1) is 31.1. The number of nitrogens with zero attached hydrogens (tertiary/aromatic N) is 3. The van der Waals surface area contributed by atoms with Crippen LogP contribution in [0.2, 0.25) is 0 Å². The molecule has 354 valence electrons. The molecule has 3 fully saturated rings. The summed E-state index contributed by atoms with van der Waals surface area (Å²) < 4.78 is 50.2. The van der Waals surface area contributed by atoms with E-state index in [0.29, 0.717) is 0 Å². The first-order valence-corrected chi connectivity index (χ1v) is 24.1. The molecule has 63 heavy (non-hydrogen) atoms. The van der Waals surface area contributed by atoms with Crippen molar-refractivity contribution in [2.45, 2.75) is 78.6 Å². The molecule has 0 saturated carbocycles. The van der Waals surface area contributed by atoms with Crippen molar-refractivity contribution in [2.24, 2.45) is 0 Å². The van der Waals surface area contributed by atoms with Gasteiger partial charge in [-0.1, -0.05) is 40.0 Å². The van der Waals surface area contributed by atoms with Crippen LogP contribution >= 0.6 is 0 Å². The maximum absolute atomic E-state index is 5.76. The lowest BCUT2D eigenvalue weighted by Crippen LogP contribution is -2.37. The van der Waals surface area contributed by atoms with Gasteiger partial charge in [-0.3, -0.25) is 14.7 Å². The van der Waals surface area contributed by atoms with Crippen molar-refractivity contribution in [3.63, 3.8) is 0 Å². The van der Waals surface area contributed by atoms with Gasteiger partial charge in [-0.25, -0.2) is 0 Å². The molecule has 3 aromatic carbocycles. The van der Waals surface area contributed by atoms with Crippen LogP contribution in [0, 0.1) is 0 Å². The Labute approximate surface area is 380 Å². The van der Waals surface area contributed by atoms with Gasteiger partial charge in [0.15, 0.2) is 0 Å². The predicted octanol–water partition coefficient (Wildman–Crippen LogP) is 8.90.